The number of fused-ring (bicyclic) bond motifs is 1. The Kier molecular flexibility index (Phi) is 5.98. The SMILES string of the molecule is CC(C)(C)Cn1ccc2c(NC(=O)CCCc3ccccc3)cccc2c1=O. The molecule has 0 unspecified atom stereocenters. The molecule has 3 aromatic rings. The summed E-state index contributed by atoms with van der Waals surface area (Å²) in [5, 5.41) is 4.40. The van der Waals surface area contributed by atoms with Crippen LogP contribution in [0.5, 0.6) is 0 Å². The Morgan fingerprint density at radius 3 is 2.43 bits per heavy atom. The van der Waals surface area contributed by atoms with E-state index in [2.05, 4.69) is 38.2 Å². The minimum absolute atomic E-state index is 0.0160. The van der Waals surface area contributed by atoms with E-state index in [1.54, 1.807) is 4.57 Å². The Bertz CT molecular complexity index is 1010. The van der Waals surface area contributed by atoms with Crippen LogP contribution in [0.4, 0.5) is 5.69 Å². The number of aromatic nitrogens is 1. The number of amides is 1. The molecule has 0 spiro atoms. The lowest BCUT2D eigenvalue weighted by molar-refractivity contribution is -0.116. The maximum Gasteiger partial charge on any atom is 0.258 e. The predicted molar refractivity (Wildman–Crippen MR) is 116 cm³/mol. The number of carbonyl (C=O) groups is 1. The smallest absolute Gasteiger partial charge is 0.258 e. The van der Waals surface area contributed by atoms with E-state index in [-0.39, 0.29) is 16.9 Å². The number of hydrogen-bond acceptors (Lipinski definition) is 2. The highest BCUT2D eigenvalue weighted by Crippen LogP contribution is 2.22. The molecule has 2 aromatic carbocycles. The largest absolute Gasteiger partial charge is 0.326 e. The molecule has 1 heterocycles. The van der Waals surface area contributed by atoms with Gasteiger partial charge in [-0.3, -0.25) is 9.59 Å². The minimum Gasteiger partial charge on any atom is -0.326 e. The van der Waals surface area contributed by atoms with E-state index in [4.69, 9.17) is 0 Å². The Balaban J connectivity index is 1.71. The summed E-state index contributed by atoms with van der Waals surface area (Å²) in [7, 11) is 0. The van der Waals surface area contributed by atoms with Crippen molar-refractivity contribution in [3.63, 3.8) is 0 Å². The van der Waals surface area contributed by atoms with Gasteiger partial charge in [-0.05, 0) is 42.0 Å². The van der Waals surface area contributed by atoms with Crippen LogP contribution < -0.4 is 10.9 Å². The highest BCUT2D eigenvalue weighted by atomic mass is 16.1. The summed E-state index contributed by atoms with van der Waals surface area (Å²) in [5.74, 6) is -0.0256. The standard InChI is InChI=1S/C24H28N2O2/c1-24(2,3)17-26-16-15-19-20(23(26)28)12-8-13-21(19)25-22(27)14-7-11-18-9-5-4-6-10-18/h4-6,8-10,12-13,15-16H,7,11,14,17H2,1-3H3,(H,25,27). The summed E-state index contributed by atoms with van der Waals surface area (Å²) in [6.45, 7) is 6.97. The van der Waals surface area contributed by atoms with Crippen LogP contribution in [0.1, 0.15) is 39.2 Å². The molecule has 0 aliphatic carbocycles. The molecule has 0 saturated carbocycles. The summed E-state index contributed by atoms with van der Waals surface area (Å²) in [6, 6.07) is 17.6. The molecule has 1 aromatic heterocycles. The summed E-state index contributed by atoms with van der Waals surface area (Å²) < 4.78 is 1.74. The third-order valence-electron chi connectivity index (χ3n) is 4.65. The van der Waals surface area contributed by atoms with E-state index in [0.717, 1.165) is 18.2 Å². The van der Waals surface area contributed by atoms with Gasteiger partial charge in [-0.1, -0.05) is 57.2 Å². The van der Waals surface area contributed by atoms with Crippen molar-refractivity contribution >= 4 is 22.4 Å². The topological polar surface area (TPSA) is 51.1 Å². The quantitative estimate of drug-likeness (QED) is 0.657. The molecule has 3 rings (SSSR count). The summed E-state index contributed by atoms with van der Waals surface area (Å²) in [6.07, 6.45) is 3.94. The second-order valence-corrected chi connectivity index (χ2v) is 8.46. The normalized spacial score (nSPS) is 11.5. The highest BCUT2D eigenvalue weighted by molar-refractivity contribution is 6.01. The molecular formula is C24H28N2O2. The number of anilines is 1. The van der Waals surface area contributed by atoms with Crippen molar-refractivity contribution in [1.29, 1.82) is 0 Å². The maximum absolute atomic E-state index is 12.8. The molecule has 0 saturated heterocycles. The zero-order valence-corrected chi connectivity index (χ0v) is 16.9. The molecule has 0 radical (unpaired) electrons. The lowest BCUT2D eigenvalue weighted by Gasteiger charge is -2.20. The van der Waals surface area contributed by atoms with Gasteiger partial charge >= 0.3 is 0 Å². The monoisotopic (exact) mass is 376 g/mol. The van der Waals surface area contributed by atoms with Crippen molar-refractivity contribution in [2.45, 2.75) is 46.6 Å². The van der Waals surface area contributed by atoms with Gasteiger partial charge in [-0.15, -0.1) is 0 Å². The molecule has 4 heteroatoms. The number of nitrogens with one attached hydrogen (secondary N) is 1. The Morgan fingerprint density at radius 2 is 1.71 bits per heavy atom. The Morgan fingerprint density at radius 1 is 0.964 bits per heavy atom. The molecule has 0 bridgehead atoms. The second kappa shape index (κ2) is 8.42. The third-order valence-corrected chi connectivity index (χ3v) is 4.65. The number of rotatable bonds is 6. The molecule has 4 nitrogen and oxygen atoms in total. The van der Waals surface area contributed by atoms with Crippen molar-refractivity contribution in [2.75, 3.05) is 5.32 Å². The van der Waals surface area contributed by atoms with Gasteiger partial charge in [0.15, 0.2) is 0 Å². The molecule has 1 N–H and O–H groups in total. The summed E-state index contributed by atoms with van der Waals surface area (Å²) in [5.41, 5.74) is 1.93. The fraction of sp³-hybridized carbons (Fsp3) is 0.333. The molecular weight excluding hydrogens is 348 g/mol. The van der Waals surface area contributed by atoms with Crippen molar-refractivity contribution in [3.8, 4) is 0 Å². The number of pyridine rings is 1. The van der Waals surface area contributed by atoms with E-state index >= 15 is 0 Å². The van der Waals surface area contributed by atoms with Gasteiger partial charge in [0, 0.05) is 35.6 Å². The Hall–Kier alpha value is -2.88. The van der Waals surface area contributed by atoms with Gasteiger partial charge in [-0.2, -0.15) is 0 Å². The molecule has 0 atom stereocenters. The summed E-state index contributed by atoms with van der Waals surface area (Å²) >= 11 is 0. The van der Waals surface area contributed by atoms with E-state index in [1.807, 2.05) is 48.7 Å². The molecule has 0 aliphatic rings. The maximum atomic E-state index is 12.8. The van der Waals surface area contributed by atoms with Crippen molar-refractivity contribution in [2.24, 2.45) is 5.41 Å². The lowest BCUT2D eigenvalue weighted by atomic mass is 9.96. The van der Waals surface area contributed by atoms with E-state index in [0.29, 0.717) is 24.0 Å². The molecule has 0 fully saturated rings. The van der Waals surface area contributed by atoms with Crippen LogP contribution in [0.3, 0.4) is 0 Å². The van der Waals surface area contributed by atoms with Crippen LogP contribution >= 0.6 is 0 Å². The fourth-order valence-electron chi connectivity index (χ4n) is 3.37. The molecule has 1 amide bonds. The van der Waals surface area contributed by atoms with Crippen LogP contribution in [0.15, 0.2) is 65.6 Å². The zero-order chi connectivity index (χ0) is 20.1. The Labute approximate surface area is 166 Å². The van der Waals surface area contributed by atoms with E-state index < -0.39 is 0 Å². The van der Waals surface area contributed by atoms with Gasteiger partial charge in [0.2, 0.25) is 5.91 Å². The number of benzene rings is 2. The van der Waals surface area contributed by atoms with Gasteiger partial charge in [0.1, 0.15) is 0 Å². The molecule has 0 aliphatic heterocycles. The van der Waals surface area contributed by atoms with E-state index in [1.165, 1.54) is 5.56 Å². The van der Waals surface area contributed by atoms with Gasteiger partial charge < -0.3 is 9.88 Å². The van der Waals surface area contributed by atoms with Crippen LogP contribution in [0.25, 0.3) is 10.8 Å². The minimum atomic E-state index is -0.0256. The number of carbonyl (C=O) groups excluding carboxylic acids is 1. The second-order valence-electron chi connectivity index (χ2n) is 8.46. The first-order chi connectivity index (χ1) is 13.3. The van der Waals surface area contributed by atoms with Crippen LogP contribution in [-0.2, 0) is 17.8 Å². The average molecular weight is 377 g/mol. The highest BCUT2D eigenvalue weighted by Gasteiger charge is 2.14. The average Bonchev–Trinajstić information content (AvgIpc) is 2.64. The molecule has 28 heavy (non-hydrogen) atoms. The first-order valence-electron chi connectivity index (χ1n) is 9.79. The molecule has 146 valence electrons. The first kappa shape index (κ1) is 19.9. The van der Waals surface area contributed by atoms with Crippen molar-refractivity contribution < 1.29 is 4.79 Å². The van der Waals surface area contributed by atoms with Crippen LogP contribution in [-0.4, -0.2) is 10.5 Å². The lowest BCUT2D eigenvalue weighted by Crippen LogP contribution is -2.26. The number of aryl methyl sites for hydroxylation is 1. The first-order valence-corrected chi connectivity index (χ1v) is 9.79. The summed E-state index contributed by atoms with van der Waals surface area (Å²) in [4.78, 5) is 25.2. The van der Waals surface area contributed by atoms with E-state index in [9.17, 15) is 9.59 Å². The third kappa shape index (κ3) is 5.10. The predicted octanol–water partition coefficient (Wildman–Crippen LogP) is 5.01. The van der Waals surface area contributed by atoms with Crippen LogP contribution in [0, 0.1) is 5.41 Å². The number of hydrogen-bond donors (Lipinski definition) is 1. The van der Waals surface area contributed by atoms with Crippen LogP contribution in [0.2, 0.25) is 0 Å². The van der Waals surface area contributed by atoms with Crippen molar-refractivity contribution in [1.82, 2.24) is 4.57 Å². The van der Waals surface area contributed by atoms with Gasteiger partial charge in [-0.25, -0.2) is 0 Å². The number of nitrogens with zero attached hydrogens (tertiary/aromatic N) is 1. The van der Waals surface area contributed by atoms with Crippen molar-refractivity contribution in [3.05, 3.63) is 76.7 Å². The zero-order valence-electron chi connectivity index (χ0n) is 16.9. The fourth-order valence-corrected chi connectivity index (χ4v) is 3.37. The van der Waals surface area contributed by atoms with Gasteiger partial charge in [0.25, 0.3) is 5.56 Å². The van der Waals surface area contributed by atoms with Gasteiger partial charge in [0.05, 0.1) is 0 Å².